The SMILES string of the molecule is C[Si](C)(C)CC(CO)Cc1cccc(Br)c1. The fourth-order valence-corrected chi connectivity index (χ4v) is 4.52. The van der Waals surface area contributed by atoms with Gasteiger partial charge < -0.3 is 5.11 Å². The van der Waals surface area contributed by atoms with E-state index in [0.717, 1.165) is 10.9 Å². The van der Waals surface area contributed by atoms with Gasteiger partial charge in [-0.25, -0.2) is 0 Å². The summed E-state index contributed by atoms with van der Waals surface area (Å²) in [6.07, 6.45) is 0.986. The molecule has 16 heavy (non-hydrogen) atoms. The molecule has 0 fully saturated rings. The van der Waals surface area contributed by atoms with E-state index in [-0.39, 0.29) is 0 Å². The van der Waals surface area contributed by atoms with Crippen LogP contribution in [0.25, 0.3) is 0 Å². The van der Waals surface area contributed by atoms with Crippen molar-refractivity contribution in [2.45, 2.75) is 32.1 Å². The lowest BCUT2D eigenvalue weighted by atomic mass is 10.0. The Morgan fingerprint density at radius 1 is 1.31 bits per heavy atom. The maximum Gasteiger partial charge on any atom is 0.0459 e. The summed E-state index contributed by atoms with van der Waals surface area (Å²) in [4.78, 5) is 0. The average molecular weight is 301 g/mol. The number of hydrogen-bond acceptors (Lipinski definition) is 1. The van der Waals surface area contributed by atoms with E-state index in [1.165, 1.54) is 11.6 Å². The zero-order chi connectivity index (χ0) is 12.2. The number of rotatable bonds is 5. The van der Waals surface area contributed by atoms with Crippen LogP contribution in [0.15, 0.2) is 28.7 Å². The van der Waals surface area contributed by atoms with E-state index < -0.39 is 8.07 Å². The summed E-state index contributed by atoms with van der Waals surface area (Å²) < 4.78 is 1.12. The lowest BCUT2D eigenvalue weighted by molar-refractivity contribution is 0.236. The fourth-order valence-electron chi connectivity index (χ4n) is 2.06. The van der Waals surface area contributed by atoms with E-state index >= 15 is 0 Å². The van der Waals surface area contributed by atoms with E-state index in [1.54, 1.807) is 0 Å². The summed E-state index contributed by atoms with van der Waals surface area (Å²) in [5.41, 5.74) is 1.31. The Morgan fingerprint density at radius 2 is 2.00 bits per heavy atom. The van der Waals surface area contributed by atoms with E-state index in [1.807, 2.05) is 6.07 Å². The molecule has 0 saturated carbocycles. The van der Waals surface area contributed by atoms with Gasteiger partial charge in [0, 0.05) is 19.2 Å². The second-order valence-electron chi connectivity index (χ2n) is 5.65. The van der Waals surface area contributed by atoms with E-state index in [0.29, 0.717) is 12.5 Å². The Labute approximate surface area is 108 Å². The van der Waals surface area contributed by atoms with Gasteiger partial charge in [-0.05, 0) is 30.0 Å². The van der Waals surface area contributed by atoms with Gasteiger partial charge in [0.2, 0.25) is 0 Å². The Hall–Kier alpha value is -0.123. The molecule has 3 heteroatoms. The van der Waals surface area contributed by atoms with Crippen molar-refractivity contribution in [2.75, 3.05) is 6.61 Å². The van der Waals surface area contributed by atoms with Crippen LogP contribution in [0.3, 0.4) is 0 Å². The molecule has 1 N–H and O–H groups in total. The molecule has 0 heterocycles. The second kappa shape index (κ2) is 5.99. The highest BCUT2D eigenvalue weighted by molar-refractivity contribution is 9.10. The molecule has 0 radical (unpaired) electrons. The minimum absolute atomic E-state index is 0.302. The molecule has 0 aliphatic rings. The second-order valence-corrected chi connectivity index (χ2v) is 12.1. The highest BCUT2D eigenvalue weighted by atomic mass is 79.9. The van der Waals surface area contributed by atoms with Gasteiger partial charge in [0.1, 0.15) is 0 Å². The molecular formula is C13H21BrOSi. The van der Waals surface area contributed by atoms with Gasteiger partial charge in [-0.2, -0.15) is 0 Å². The lowest BCUT2D eigenvalue weighted by Gasteiger charge is -2.23. The van der Waals surface area contributed by atoms with Crippen molar-refractivity contribution in [3.63, 3.8) is 0 Å². The quantitative estimate of drug-likeness (QED) is 0.817. The minimum Gasteiger partial charge on any atom is -0.396 e. The molecule has 0 aromatic heterocycles. The van der Waals surface area contributed by atoms with Crippen LogP contribution in [0, 0.1) is 5.92 Å². The van der Waals surface area contributed by atoms with Gasteiger partial charge in [-0.3, -0.25) is 0 Å². The zero-order valence-electron chi connectivity index (χ0n) is 10.3. The molecule has 1 aromatic rings. The first-order valence-corrected chi connectivity index (χ1v) is 10.3. The summed E-state index contributed by atoms with van der Waals surface area (Å²) in [7, 11) is -1.08. The fraction of sp³-hybridized carbons (Fsp3) is 0.538. The molecule has 0 bridgehead atoms. The summed E-state index contributed by atoms with van der Waals surface area (Å²) in [6, 6.07) is 9.57. The van der Waals surface area contributed by atoms with Crippen LogP contribution in [0.4, 0.5) is 0 Å². The molecule has 0 amide bonds. The Bertz CT molecular complexity index is 333. The van der Waals surface area contributed by atoms with Gasteiger partial charge in [-0.15, -0.1) is 0 Å². The maximum atomic E-state index is 9.43. The monoisotopic (exact) mass is 300 g/mol. The number of halogens is 1. The third-order valence-electron chi connectivity index (χ3n) is 2.57. The van der Waals surface area contributed by atoms with Crippen molar-refractivity contribution in [1.29, 1.82) is 0 Å². The van der Waals surface area contributed by atoms with Crippen molar-refractivity contribution in [2.24, 2.45) is 5.92 Å². The van der Waals surface area contributed by atoms with E-state index in [9.17, 15) is 5.11 Å². The summed E-state index contributed by atoms with van der Waals surface area (Å²) in [5.74, 6) is 0.418. The smallest absolute Gasteiger partial charge is 0.0459 e. The van der Waals surface area contributed by atoms with Gasteiger partial charge in [-0.1, -0.05) is 53.7 Å². The predicted molar refractivity (Wildman–Crippen MR) is 76.6 cm³/mol. The highest BCUT2D eigenvalue weighted by Crippen LogP contribution is 2.22. The minimum atomic E-state index is -1.08. The van der Waals surface area contributed by atoms with Gasteiger partial charge in [0.05, 0.1) is 0 Å². The Morgan fingerprint density at radius 3 is 2.50 bits per heavy atom. The van der Waals surface area contributed by atoms with Crippen molar-refractivity contribution in [3.05, 3.63) is 34.3 Å². The molecule has 0 aliphatic heterocycles. The normalized spacial score (nSPS) is 13.8. The number of aliphatic hydroxyl groups is 1. The van der Waals surface area contributed by atoms with Crippen LogP contribution in [-0.2, 0) is 6.42 Å². The maximum absolute atomic E-state index is 9.43. The van der Waals surface area contributed by atoms with Crippen LogP contribution >= 0.6 is 15.9 Å². The number of benzene rings is 1. The van der Waals surface area contributed by atoms with Gasteiger partial charge >= 0.3 is 0 Å². The number of aliphatic hydroxyl groups excluding tert-OH is 1. The van der Waals surface area contributed by atoms with Crippen LogP contribution in [0.2, 0.25) is 25.7 Å². The molecule has 0 aliphatic carbocycles. The third-order valence-corrected chi connectivity index (χ3v) is 4.87. The first-order valence-electron chi connectivity index (χ1n) is 5.76. The van der Waals surface area contributed by atoms with E-state index in [2.05, 4.69) is 53.8 Å². The van der Waals surface area contributed by atoms with Crippen LogP contribution in [0.1, 0.15) is 5.56 Å². The molecule has 0 spiro atoms. The molecular weight excluding hydrogens is 280 g/mol. The van der Waals surface area contributed by atoms with Crippen molar-refractivity contribution in [3.8, 4) is 0 Å². The van der Waals surface area contributed by atoms with Crippen LogP contribution < -0.4 is 0 Å². The Kier molecular flexibility index (Phi) is 5.22. The molecule has 90 valence electrons. The highest BCUT2D eigenvalue weighted by Gasteiger charge is 2.20. The van der Waals surface area contributed by atoms with Crippen LogP contribution in [-0.4, -0.2) is 19.8 Å². The van der Waals surface area contributed by atoms with Gasteiger partial charge in [0.15, 0.2) is 0 Å². The molecule has 0 saturated heterocycles. The average Bonchev–Trinajstić information content (AvgIpc) is 2.14. The van der Waals surface area contributed by atoms with Crippen molar-refractivity contribution < 1.29 is 5.11 Å². The largest absolute Gasteiger partial charge is 0.396 e. The lowest BCUT2D eigenvalue weighted by Crippen LogP contribution is -2.26. The molecule has 1 nitrogen and oxygen atoms in total. The Balaban J connectivity index is 2.63. The first-order chi connectivity index (χ1) is 7.40. The predicted octanol–water partition coefficient (Wildman–Crippen LogP) is 3.94. The standard InChI is InChI=1S/C13H21BrOSi/c1-16(2,3)10-12(9-15)7-11-5-4-6-13(14)8-11/h4-6,8,12,15H,7,9-10H2,1-3H3. The van der Waals surface area contributed by atoms with E-state index in [4.69, 9.17) is 0 Å². The zero-order valence-corrected chi connectivity index (χ0v) is 12.9. The molecule has 1 rings (SSSR count). The third kappa shape index (κ3) is 5.28. The summed E-state index contributed by atoms with van der Waals surface area (Å²) in [5, 5.41) is 9.43. The number of hydrogen-bond donors (Lipinski definition) is 1. The molecule has 1 aromatic carbocycles. The van der Waals surface area contributed by atoms with Crippen molar-refractivity contribution in [1.82, 2.24) is 0 Å². The molecule has 1 atom stereocenters. The molecule has 1 unspecified atom stereocenters. The summed E-state index contributed by atoms with van der Waals surface area (Å²) >= 11 is 3.48. The summed E-state index contributed by atoms with van der Waals surface area (Å²) in [6.45, 7) is 7.38. The topological polar surface area (TPSA) is 20.2 Å². The van der Waals surface area contributed by atoms with Gasteiger partial charge in [0.25, 0.3) is 0 Å². The first kappa shape index (κ1) is 13.9. The van der Waals surface area contributed by atoms with Crippen molar-refractivity contribution >= 4 is 24.0 Å². The van der Waals surface area contributed by atoms with Crippen LogP contribution in [0.5, 0.6) is 0 Å².